The lowest BCUT2D eigenvalue weighted by atomic mass is 10.1. The van der Waals surface area contributed by atoms with Gasteiger partial charge in [0.05, 0.1) is 17.0 Å². The Morgan fingerprint density at radius 2 is 1.85 bits per heavy atom. The third-order valence-corrected chi connectivity index (χ3v) is 5.07. The van der Waals surface area contributed by atoms with Crippen LogP contribution in [0.25, 0.3) is 0 Å². The van der Waals surface area contributed by atoms with Crippen LogP contribution in [-0.2, 0) is 16.0 Å². The lowest BCUT2D eigenvalue weighted by Crippen LogP contribution is -2.19. The third kappa shape index (κ3) is 4.32. The fourth-order valence-corrected chi connectivity index (χ4v) is 3.44. The van der Waals surface area contributed by atoms with Crippen LogP contribution in [0.3, 0.4) is 0 Å². The van der Waals surface area contributed by atoms with Crippen molar-refractivity contribution in [2.24, 2.45) is 0 Å². The number of hydrogen-bond donors (Lipinski definition) is 1. The maximum Gasteiger partial charge on any atom is 0.338 e. The molecule has 0 fully saturated rings. The molecule has 2 aromatic rings. The van der Waals surface area contributed by atoms with E-state index in [0.29, 0.717) is 22.6 Å². The minimum atomic E-state index is -0.589. The van der Waals surface area contributed by atoms with Crippen molar-refractivity contribution in [2.75, 3.05) is 17.7 Å². The molecule has 1 aliphatic rings. The second-order valence-corrected chi connectivity index (χ2v) is 7.01. The largest absolute Gasteiger partial charge is 0.454 e. The van der Waals surface area contributed by atoms with Gasteiger partial charge in [0.1, 0.15) is 0 Å². The second kappa shape index (κ2) is 8.19. The zero-order chi connectivity index (χ0) is 18.5. The molecule has 0 aromatic heterocycles. The molecular formula is C20H19NO4S. The van der Waals surface area contributed by atoms with Crippen LogP contribution in [0.4, 0.5) is 5.69 Å². The molecule has 134 valence electrons. The molecule has 1 N–H and O–H groups in total. The summed E-state index contributed by atoms with van der Waals surface area (Å²) < 4.78 is 5.13. The first-order valence-corrected chi connectivity index (χ1v) is 9.41. The molecular weight excluding hydrogens is 350 g/mol. The summed E-state index contributed by atoms with van der Waals surface area (Å²) in [7, 11) is 0. The molecule has 1 amide bonds. The molecule has 0 atom stereocenters. The molecule has 1 heterocycles. The smallest absolute Gasteiger partial charge is 0.338 e. The lowest BCUT2D eigenvalue weighted by Gasteiger charge is -2.16. The summed E-state index contributed by atoms with van der Waals surface area (Å²) in [5.41, 5.74) is 2.60. The van der Waals surface area contributed by atoms with Crippen molar-refractivity contribution >= 4 is 35.1 Å². The van der Waals surface area contributed by atoms with Crippen LogP contribution in [0, 0.1) is 0 Å². The molecule has 0 bridgehead atoms. The van der Waals surface area contributed by atoms with Gasteiger partial charge in [-0.05, 0) is 30.2 Å². The standard InChI is InChI=1S/C20H19NO4S/c1-2-3-13-4-6-14(7-5-13)17(22)11-25-20(24)15-8-9-18-16(10-15)21-19(23)12-26-18/h4-10H,2-3,11-12H2,1H3,(H,21,23). The van der Waals surface area contributed by atoms with E-state index in [1.165, 1.54) is 17.3 Å². The van der Waals surface area contributed by atoms with Gasteiger partial charge in [-0.15, -0.1) is 11.8 Å². The summed E-state index contributed by atoms with van der Waals surface area (Å²) in [5.74, 6) is -0.575. The zero-order valence-electron chi connectivity index (χ0n) is 14.4. The Hall–Kier alpha value is -2.60. The predicted octanol–water partition coefficient (Wildman–Crippen LogP) is 3.72. The van der Waals surface area contributed by atoms with E-state index in [9.17, 15) is 14.4 Å². The van der Waals surface area contributed by atoms with E-state index in [0.717, 1.165) is 17.7 Å². The molecule has 0 saturated heterocycles. The van der Waals surface area contributed by atoms with Gasteiger partial charge < -0.3 is 10.1 Å². The van der Waals surface area contributed by atoms with Gasteiger partial charge >= 0.3 is 5.97 Å². The Labute approximate surface area is 156 Å². The van der Waals surface area contributed by atoms with Gasteiger partial charge in [-0.1, -0.05) is 37.6 Å². The minimum Gasteiger partial charge on any atom is -0.454 e. The van der Waals surface area contributed by atoms with Crippen molar-refractivity contribution in [3.05, 3.63) is 59.2 Å². The number of nitrogens with one attached hydrogen (secondary N) is 1. The highest BCUT2D eigenvalue weighted by molar-refractivity contribution is 8.00. The molecule has 0 saturated carbocycles. The first-order chi connectivity index (χ1) is 12.6. The van der Waals surface area contributed by atoms with Crippen LogP contribution >= 0.6 is 11.8 Å². The molecule has 0 aliphatic carbocycles. The average molecular weight is 369 g/mol. The number of benzene rings is 2. The third-order valence-electron chi connectivity index (χ3n) is 4.00. The summed E-state index contributed by atoms with van der Waals surface area (Å²) in [6.07, 6.45) is 2.02. The molecule has 5 nitrogen and oxygen atoms in total. The Kier molecular flexibility index (Phi) is 5.73. The minimum absolute atomic E-state index is 0.102. The van der Waals surface area contributed by atoms with Gasteiger partial charge in [0.2, 0.25) is 5.91 Å². The van der Waals surface area contributed by atoms with Crippen molar-refractivity contribution in [1.82, 2.24) is 0 Å². The number of hydrogen-bond acceptors (Lipinski definition) is 5. The summed E-state index contributed by atoms with van der Waals surface area (Å²) in [5, 5.41) is 2.73. The van der Waals surface area contributed by atoms with Crippen LogP contribution in [-0.4, -0.2) is 30.0 Å². The number of ketones is 1. The number of ether oxygens (including phenoxy) is 1. The number of fused-ring (bicyclic) bond motifs is 1. The molecule has 0 radical (unpaired) electrons. The Bertz CT molecular complexity index is 845. The predicted molar refractivity (Wildman–Crippen MR) is 101 cm³/mol. The van der Waals surface area contributed by atoms with E-state index in [4.69, 9.17) is 4.74 Å². The monoisotopic (exact) mass is 369 g/mol. The Morgan fingerprint density at radius 3 is 2.58 bits per heavy atom. The van der Waals surface area contributed by atoms with Crippen molar-refractivity contribution in [2.45, 2.75) is 24.7 Å². The molecule has 1 aliphatic heterocycles. The molecule has 26 heavy (non-hydrogen) atoms. The number of carbonyl (C=O) groups excluding carboxylic acids is 3. The number of thioether (sulfide) groups is 1. The fourth-order valence-electron chi connectivity index (χ4n) is 2.65. The van der Waals surface area contributed by atoms with Crippen molar-refractivity contribution in [3.8, 4) is 0 Å². The average Bonchev–Trinajstić information content (AvgIpc) is 2.66. The normalized spacial score (nSPS) is 12.9. The molecule has 6 heteroatoms. The quantitative estimate of drug-likeness (QED) is 0.621. The number of aryl methyl sites for hydroxylation is 1. The SMILES string of the molecule is CCCc1ccc(C(=O)COC(=O)c2ccc3c(c2)NC(=O)CS3)cc1. The molecule has 0 unspecified atom stereocenters. The van der Waals surface area contributed by atoms with Gasteiger partial charge in [0, 0.05) is 10.5 Å². The van der Waals surface area contributed by atoms with Crippen LogP contribution in [0.15, 0.2) is 47.4 Å². The summed E-state index contributed by atoms with van der Waals surface area (Å²) in [4.78, 5) is 36.7. The number of rotatable bonds is 6. The van der Waals surface area contributed by atoms with Gasteiger partial charge in [-0.3, -0.25) is 9.59 Å². The zero-order valence-corrected chi connectivity index (χ0v) is 15.2. The van der Waals surface area contributed by atoms with Gasteiger partial charge in [-0.25, -0.2) is 4.79 Å². The van der Waals surface area contributed by atoms with E-state index in [1.807, 2.05) is 12.1 Å². The van der Waals surface area contributed by atoms with E-state index in [-0.39, 0.29) is 18.3 Å². The van der Waals surface area contributed by atoms with E-state index in [2.05, 4.69) is 12.2 Å². The highest BCUT2D eigenvalue weighted by Gasteiger charge is 2.18. The van der Waals surface area contributed by atoms with Crippen LogP contribution in [0.2, 0.25) is 0 Å². The lowest BCUT2D eigenvalue weighted by molar-refractivity contribution is -0.113. The molecule has 0 spiro atoms. The van der Waals surface area contributed by atoms with Crippen molar-refractivity contribution < 1.29 is 19.1 Å². The van der Waals surface area contributed by atoms with Gasteiger partial charge in [-0.2, -0.15) is 0 Å². The summed E-state index contributed by atoms with van der Waals surface area (Å²) in [6, 6.07) is 12.3. The fraction of sp³-hybridized carbons (Fsp3) is 0.250. The summed E-state index contributed by atoms with van der Waals surface area (Å²) >= 11 is 1.42. The maximum atomic E-state index is 12.2. The van der Waals surface area contributed by atoms with Crippen molar-refractivity contribution in [3.63, 3.8) is 0 Å². The highest BCUT2D eigenvalue weighted by atomic mass is 32.2. The second-order valence-electron chi connectivity index (χ2n) is 5.99. The van der Waals surface area contributed by atoms with E-state index in [1.54, 1.807) is 30.3 Å². The first-order valence-electron chi connectivity index (χ1n) is 8.43. The maximum absolute atomic E-state index is 12.2. The Morgan fingerprint density at radius 1 is 1.12 bits per heavy atom. The van der Waals surface area contributed by atoms with E-state index < -0.39 is 5.97 Å². The number of carbonyl (C=O) groups is 3. The number of amides is 1. The van der Waals surface area contributed by atoms with Crippen LogP contribution in [0.5, 0.6) is 0 Å². The van der Waals surface area contributed by atoms with Crippen molar-refractivity contribution in [1.29, 1.82) is 0 Å². The van der Waals surface area contributed by atoms with Gasteiger partial charge in [0.15, 0.2) is 12.4 Å². The molecule has 3 rings (SSSR count). The van der Waals surface area contributed by atoms with E-state index >= 15 is 0 Å². The number of esters is 1. The summed E-state index contributed by atoms with van der Waals surface area (Å²) in [6.45, 7) is 1.79. The van der Waals surface area contributed by atoms with Gasteiger partial charge in [0.25, 0.3) is 0 Å². The van der Waals surface area contributed by atoms with Crippen LogP contribution < -0.4 is 5.32 Å². The number of anilines is 1. The number of Topliss-reactive ketones (excluding diaryl/α,β-unsaturated/α-hetero) is 1. The Balaban J connectivity index is 1.60. The molecule has 2 aromatic carbocycles. The highest BCUT2D eigenvalue weighted by Crippen LogP contribution is 2.32. The van der Waals surface area contributed by atoms with Crippen LogP contribution in [0.1, 0.15) is 39.6 Å². The first kappa shape index (κ1) is 18.2. The topological polar surface area (TPSA) is 72.5 Å².